The molecule has 0 saturated carbocycles. The molecule has 0 saturated heterocycles. The number of amides is 1. The maximum absolute atomic E-state index is 12.8. The second kappa shape index (κ2) is 8.67. The van der Waals surface area contributed by atoms with Crippen LogP contribution in [-0.4, -0.2) is 25.5 Å². The molecular formula is C18H19FN2O3. The molecule has 0 unspecified atom stereocenters. The molecule has 0 aliphatic carbocycles. The molecule has 0 fully saturated rings. The average molecular weight is 330 g/mol. The lowest BCUT2D eigenvalue weighted by Crippen LogP contribution is -2.25. The van der Waals surface area contributed by atoms with Crippen LogP contribution < -0.4 is 10.6 Å². The van der Waals surface area contributed by atoms with E-state index >= 15 is 0 Å². The Morgan fingerprint density at radius 3 is 2.50 bits per heavy atom. The molecule has 6 heteroatoms. The van der Waals surface area contributed by atoms with E-state index in [1.165, 1.54) is 19.2 Å². The lowest BCUT2D eigenvalue weighted by atomic mass is 10.1. The van der Waals surface area contributed by atoms with Crippen molar-refractivity contribution < 1.29 is 18.7 Å². The van der Waals surface area contributed by atoms with Crippen molar-refractivity contribution in [1.29, 1.82) is 0 Å². The summed E-state index contributed by atoms with van der Waals surface area (Å²) in [6, 6.07) is 12.9. The van der Waals surface area contributed by atoms with Crippen LogP contribution in [0.25, 0.3) is 0 Å². The van der Waals surface area contributed by atoms with E-state index < -0.39 is 5.97 Å². The zero-order chi connectivity index (χ0) is 17.4. The molecule has 0 radical (unpaired) electrons. The molecule has 5 nitrogen and oxygen atoms in total. The molecule has 0 spiro atoms. The van der Waals surface area contributed by atoms with Gasteiger partial charge in [0, 0.05) is 25.2 Å². The van der Waals surface area contributed by atoms with Crippen LogP contribution in [-0.2, 0) is 16.1 Å². The van der Waals surface area contributed by atoms with Gasteiger partial charge in [0.2, 0.25) is 5.91 Å². The summed E-state index contributed by atoms with van der Waals surface area (Å²) in [4.78, 5) is 23.5. The van der Waals surface area contributed by atoms with Gasteiger partial charge in [0.1, 0.15) is 5.82 Å². The topological polar surface area (TPSA) is 67.4 Å². The fourth-order valence-corrected chi connectivity index (χ4v) is 2.13. The molecule has 0 atom stereocenters. The zero-order valence-corrected chi connectivity index (χ0v) is 13.3. The van der Waals surface area contributed by atoms with Gasteiger partial charge in [-0.05, 0) is 29.8 Å². The summed E-state index contributed by atoms with van der Waals surface area (Å²) in [6.07, 6.45) is 0.247. The average Bonchev–Trinajstić information content (AvgIpc) is 2.61. The molecule has 2 aromatic carbocycles. The van der Waals surface area contributed by atoms with Gasteiger partial charge >= 0.3 is 5.97 Å². The molecule has 0 bridgehead atoms. The van der Waals surface area contributed by atoms with Crippen molar-refractivity contribution in [2.45, 2.75) is 13.0 Å². The van der Waals surface area contributed by atoms with Gasteiger partial charge < -0.3 is 15.4 Å². The first-order valence-corrected chi connectivity index (χ1v) is 7.52. The van der Waals surface area contributed by atoms with E-state index in [0.717, 1.165) is 5.56 Å². The number of benzene rings is 2. The van der Waals surface area contributed by atoms with Gasteiger partial charge in [-0.15, -0.1) is 0 Å². The number of carbonyl (C=O) groups excluding carboxylic acids is 2. The summed E-state index contributed by atoms with van der Waals surface area (Å²) in [5, 5.41) is 5.81. The highest BCUT2D eigenvalue weighted by Crippen LogP contribution is 2.15. The second-order valence-corrected chi connectivity index (χ2v) is 5.12. The summed E-state index contributed by atoms with van der Waals surface area (Å²) in [5.74, 6) is -0.875. The van der Waals surface area contributed by atoms with Crippen molar-refractivity contribution in [3.05, 3.63) is 65.5 Å². The Hall–Kier alpha value is -2.89. The van der Waals surface area contributed by atoms with Crippen molar-refractivity contribution in [3.63, 3.8) is 0 Å². The van der Waals surface area contributed by atoms with E-state index in [0.29, 0.717) is 24.3 Å². The quantitative estimate of drug-likeness (QED) is 0.766. The van der Waals surface area contributed by atoms with E-state index in [9.17, 15) is 14.0 Å². The van der Waals surface area contributed by atoms with E-state index in [1.54, 1.807) is 36.4 Å². The van der Waals surface area contributed by atoms with Crippen molar-refractivity contribution >= 4 is 17.6 Å². The van der Waals surface area contributed by atoms with E-state index in [-0.39, 0.29) is 18.1 Å². The summed E-state index contributed by atoms with van der Waals surface area (Å²) >= 11 is 0. The normalized spacial score (nSPS) is 10.1. The lowest BCUT2D eigenvalue weighted by molar-refractivity contribution is -0.121. The van der Waals surface area contributed by atoms with Gasteiger partial charge in [-0.3, -0.25) is 4.79 Å². The SMILES string of the molecule is COC(=O)c1ccccc1NCCC(=O)NCc1ccc(F)cc1. The minimum absolute atomic E-state index is 0.137. The predicted molar refractivity (Wildman–Crippen MR) is 89.1 cm³/mol. The van der Waals surface area contributed by atoms with Gasteiger partial charge in [0.05, 0.1) is 12.7 Å². The first-order chi connectivity index (χ1) is 11.6. The highest BCUT2D eigenvalue weighted by molar-refractivity contribution is 5.95. The number of para-hydroxylation sites is 1. The molecule has 2 aromatic rings. The van der Waals surface area contributed by atoms with Crippen LogP contribution in [0.5, 0.6) is 0 Å². The van der Waals surface area contributed by atoms with Crippen LogP contribution in [0.2, 0.25) is 0 Å². The molecule has 0 aliphatic heterocycles. The molecule has 0 aliphatic rings. The van der Waals surface area contributed by atoms with E-state index in [1.807, 2.05) is 0 Å². The molecule has 2 rings (SSSR count). The smallest absolute Gasteiger partial charge is 0.339 e. The summed E-state index contributed by atoms with van der Waals surface area (Å²) in [6.45, 7) is 0.723. The Morgan fingerprint density at radius 2 is 1.79 bits per heavy atom. The summed E-state index contributed by atoms with van der Waals surface area (Å²) < 4.78 is 17.5. The predicted octanol–water partition coefficient (Wildman–Crippen LogP) is 2.73. The highest BCUT2D eigenvalue weighted by atomic mass is 19.1. The number of rotatable bonds is 7. The first-order valence-electron chi connectivity index (χ1n) is 7.52. The third-order valence-electron chi connectivity index (χ3n) is 3.40. The second-order valence-electron chi connectivity index (χ2n) is 5.12. The summed E-state index contributed by atoms with van der Waals surface area (Å²) in [7, 11) is 1.32. The van der Waals surface area contributed by atoms with E-state index in [2.05, 4.69) is 10.6 Å². The standard InChI is InChI=1S/C18H19FN2O3/c1-24-18(23)15-4-2-3-5-16(15)20-11-10-17(22)21-12-13-6-8-14(19)9-7-13/h2-9,20H,10-12H2,1H3,(H,21,22). The summed E-state index contributed by atoms with van der Waals surface area (Å²) in [5.41, 5.74) is 1.87. The van der Waals surface area contributed by atoms with Gasteiger partial charge in [0.15, 0.2) is 0 Å². The zero-order valence-electron chi connectivity index (χ0n) is 13.3. The number of anilines is 1. The number of ether oxygens (including phenoxy) is 1. The Morgan fingerprint density at radius 1 is 1.08 bits per heavy atom. The van der Waals surface area contributed by atoms with Gasteiger partial charge in [0.25, 0.3) is 0 Å². The molecule has 126 valence electrons. The van der Waals surface area contributed by atoms with Crippen LogP contribution in [0.4, 0.5) is 10.1 Å². The monoisotopic (exact) mass is 330 g/mol. The van der Waals surface area contributed by atoms with Crippen molar-refractivity contribution in [1.82, 2.24) is 5.32 Å². The lowest BCUT2D eigenvalue weighted by Gasteiger charge is -2.10. The fraction of sp³-hybridized carbons (Fsp3) is 0.222. The van der Waals surface area contributed by atoms with Gasteiger partial charge in [-0.25, -0.2) is 9.18 Å². The van der Waals surface area contributed by atoms with Crippen LogP contribution in [0.1, 0.15) is 22.3 Å². The number of carbonyl (C=O) groups is 2. The maximum Gasteiger partial charge on any atom is 0.339 e. The largest absolute Gasteiger partial charge is 0.465 e. The number of methoxy groups -OCH3 is 1. The van der Waals surface area contributed by atoms with Gasteiger partial charge in [-0.1, -0.05) is 24.3 Å². The van der Waals surface area contributed by atoms with Crippen LogP contribution in [0.15, 0.2) is 48.5 Å². The van der Waals surface area contributed by atoms with Gasteiger partial charge in [-0.2, -0.15) is 0 Å². The Kier molecular flexibility index (Phi) is 6.31. The maximum atomic E-state index is 12.8. The van der Waals surface area contributed by atoms with Crippen LogP contribution in [0.3, 0.4) is 0 Å². The Balaban J connectivity index is 1.78. The number of hydrogen-bond donors (Lipinski definition) is 2. The number of esters is 1. The minimum Gasteiger partial charge on any atom is -0.465 e. The molecule has 0 aromatic heterocycles. The van der Waals surface area contributed by atoms with Crippen LogP contribution in [0, 0.1) is 5.82 Å². The highest BCUT2D eigenvalue weighted by Gasteiger charge is 2.10. The number of nitrogens with one attached hydrogen (secondary N) is 2. The Labute approximate surface area is 139 Å². The molecular weight excluding hydrogens is 311 g/mol. The van der Waals surface area contributed by atoms with Crippen molar-refractivity contribution in [2.75, 3.05) is 19.0 Å². The number of hydrogen-bond acceptors (Lipinski definition) is 4. The molecule has 2 N–H and O–H groups in total. The number of halogens is 1. The molecule has 1 amide bonds. The minimum atomic E-state index is -0.432. The fourth-order valence-electron chi connectivity index (χ4n) is 2.13. The third kappa shape index (κ3) is 5.08. The van der Waals surface area contributed by atoms with Crippen molar-refractivity contribution in [3.8, 4) is 0 Å². The first kappa shape index (κ1) is 17.5. The van der Waals surface area contributed by atoms with Crippen molar-refractivity contribution in [2.24, 2.45) is 0 Å². The molecule has 24 heavy (non-hydrogen) atoms. The Bertz CT molecular complexity index is 702. The van der Waals surface area contributed by atoms with Crippen LogP contribution >= 0.6 is 0 Å². The van der Waals surface area contributed by atoms with E-state index in [4.69, 9.17) is 4.74 Å². The molecule has 0 heterocycles. The third-order valence-corrected chi connectivity index (χ3v) is 3.40.